The van der Waals surface area contributed by atoms with Crippen molar-refractivity contribution in [1.29, 1.82) is 0 Å². The van der Waals surface area contributed by atoms with Gasteiger partial charge in [0, 0.05) is 0 Å². The molecule has 0 atom stereocenters. The van der Waals surface area contributed by atoms with Gasteiger partial charge in [-0.15, -0.1) is 6.58 Å². The summed E-state index contributed by atoms with van der Waals surface area (Å²) in [6, 6.07) is 0. The van der Waals surface area contributed by atoms with Crippen molar-refractivity contribution in [3.05, 3.63) is 30.2 Å². The van der Waals surface area contributed by atoms with Crippen LogP contribution in [0.1, 0.15) is 47.0 Å². The Bertz CT molecular complexity index is 163. The Balaban J connectivity index is 3.64. The monoisotopic (exact) mass is 179 g/mol. The first-order valence-corrected chi connectivity index (χ1v) is 5.16. The Morgan fingerprint density at radius 3 is 2.38 bits per heavy atom. The standard InChI is InChI=1S/C13H23/c1-6-12(4)8-7-9-13(5)10-11(2)3/h6,9,11H,1,7-8,10H2,2-5H3/b13-9+. The Morgan fingerprint density at radius 1 is 1.31 bits per heavy atom. The van der Waals surface area contributed by atoms with Gasteiger partial charge in [-0.05, 0) is 38.0 Å². The zero-order valence-corrected chi connectivity index (χ0v) is 9.56. The molecule has 1 radical (unpaired) electrons. The third-order valence-corrected chi connectivity index (χ3v) is 2.11. The maximum atomic E-state index is 3.75. The van der Waals surface area contributed by atoms with Crippen molar-refractivity contribution in [2.45, 2.75) is 47.0 Å². The third kappa shape index (κ3) is 7.83. The molecule has 0 amide bonds. The first kappa shape index (κ1) is 12.5. The lowest BCUT2D eigenvalue weighted by atomic mass is 10.0. The summed E-state index contributed by atoms with van der Waals surface area (Å²) in [5.41, 5.74) is 1.52. The molecule has 0 aromatic heterocycles. The van der Waals surface area contributed by atoms with Crippen molar-refractivity contribution in [3.8, 4) is 0 Å². The minimum absolute atomic E-state index is 0.778. The molecule has 0 nitrogen and oxygen atoms in total. The molecule has 0 spiro atoms. The van der Waals surface area contributed by atoms with Crippen LogP contribution in [0.25, 0.3) is 0 Å². The van der Waals surface area contributed by atoms with Crippen LogP contribution in [0, 0.1) is 11.8 Å². The normalized spacial score (nSPS) is 12.6. The lowest BCUT2D eigenvalue weighted by Crippen LogP contribution is -1.89. The van der Waals surface area contributed by atoms with Crippen LogP contribution in [0.15, 0.2) is 24.3 Å². The number of hydrogen-bond acceptors (Lipinski definition) is 0. The van der Waals surface area contributed by atoms with E-state index in [1.165, 1.54) is 17.9 Å². The van der Waals surface area contributed by atoms with Crippen LogP contribution in [-0.2, 0) is 0 Å². The number of rotatable bonds is 6. The van der Waals surface area contributed by atoms with Crippen molar-refractivity contribution in [1.82, 2.24) is 0 Å². The highest BCUT2D eigenvalue weighted by Crippen LogP contribution is 2.14. The minimum atomic E-state index is 0.778. The Kier molecular flexibility index (Phi) is 6.66. The summed E-state index contributed by atoms with van der Waals surface area (Å²) < 4.78 is 0. The number of hydrogen-bond donors (Lipinski definition) is 0. The van der Waals surface area contributed by atoms with Gasteiger partial charge in [0.2, 0.25) is 0 Å². The fourth-order valence-corrected chi connectivity index (χ4v) is 1.38. The lowest BCUT2D eigenvalue weighted by Gasteiger charge is -2.05. The SMILES string of the molecule is C=C[C](C)CC/C=C(\C)CC(C)C. The number of allylic oxidation sites excluding steroid dienone is 3. The topological polar surface area (TPSA) is 0 Å². The molecular weight excluding hydrogens is 156 g/mol. The fraction of sp³-hybridized carbons (Fsp3) is 0.615. The molecule has 0 aromatic carbocycles. The molecule has 13 heavy (non-hydrogen) atoms. The zero-order chi connectivity index (χ0) is 10.3. The van der Waals surface area contributed by atoms with Crippen LogP contribution in [0.5, 0.6) is 0 Å². The Morgan fingerprint density at radius 2 is 1.92 bits per heavy atom. The van der Waals surface area contributed by atoms with E-state index in [2.05, 4.69) is 40.3 Å². The molecule has 0 aromatic rings. The van der Waals surface area contributed by atoms with Crippen molar-refractivity contribution >= 4 is 0 Å². The van der Waals surface area contributed by atoms with Gasteiger partial charge in [0.15, 0.2) is 0 Å². The first-order chi connectivity index (χ1) is 6.06. The molecule has 0 N–H and O–H groups in total. The molecule has 75 valence electrons. The molecule has 0 bridgehead atoms. The third-order valence-electron chi connectivity index (χ3n) is 2.11. The van der Waals surface area contributed by atoms with Crippen molar-refractivity contribution < 1.29 is 0 Å². The molecule has 0 saturated heterocycles. The van der Waals surface area contributed by atoms with Crippen LogP contribution < -0.4 is 0 Å². The molecule has 0 rings (SSSR count). The van der Waals surface area contributed by atoms with Crippen LogP contribution in [0.4, 0.5) is 0 Å². The van der Waals surface area contributed by atoms with Gasteiger partial charge < -0.3 is 0 Å². The molecule has 0 aliphatic heterocycles. The molecule has 0 fully saturated rings. The summed E-state index contributed by atoms with van der Waals surface area (Å²) >= 11 is 0. The zero-order valence-electron chi connectivity index (χ0n) is 9.56. The smallest absolute Gasteiger partial charge is 0.00580 e. The second-order valence-electron chi connectivity index (χ2n) is 4.24. The van der Waals surface area contributed by atoms with Gasteiger partial charge in [0.25, 0.3) is 0 Å². The van der Waals surface area contributed by atoms with E-state index in [1.807, 2.05) is 6.08 Å². The van der Waals surface area contributed by atoms with Gasteiger partial charge >= 0.3 is 0 Å². The summed E-state index contributed by atoms with van der Waals surface area (Å²) in [4.78, 5) is 0. The van der Waals surface area contributed by atoms with Gasteiger partial charge in [-0.3, -0.25) is 0 Å². The summed E-state index contributed by atoms with van der Waals surface area (Å²) in [7, 11) is 0. The van der Waals surface area contributed by atoms with E-state index in [0.717, 1.165) is 18.8 Å². The molecular formula is C13H23. The van der Waals surface area contributed by atoms with Crippen LogP contribution in [0.2, 0.25) is 0 Å². The maximum Gasteiger partial charge on any atom is -0.00580 e. The molecule has 0 heteroatoms. The maximum absolute atomic E-state index is 3.75. The van der Waals surface area contributed by atoms with E-state index in [9.17, 15) is 0 Å². The molecule has 0 aliphatic carbocycles. The predicted octanol–water partition coefficient (Wildman–Crippen LogP) is 4.54. The average Bonchev–Trinajstić information content (AvgIpc) is 2.02. The Hall–Kier alpha value is -0.520. The van der Waals surface area contributed by atoms with E-state index < -0.39 is 0 Å². The van der Waals surface area contributed by atoms with Gasteiger partial charge in [0.05, 0.1) is 0 Å². The second kappa shape index (κ2) is 6.94. The Labute approximate surface area is 83.7 Å². The van der Waals surface area contributed by atoms with Crippen LogP contribution in [-0.4, -0.2) is 0 Å². The first-order valence-electron chi connectivity index (χ1n) is 5.16. The van der Waals surface area contributed by atoms with E-state index >= 15 is 0 Å². The van der Waals surface area contributed by atoms with Crippen molar-refractivity contribution in [2.24, 2.45) is 5.92 Å². The van der Waals surface area contributed by atoms with E-state index in [0.29, 0.717) is 0 Å². The highest BCUT2D eigenvalue weighted by molar-refractivity contribution is 5.05. The summed E-state index contributed by atoms with van der Waals surface area (Å²) in [5.74, 6) is 2.16. The molecule has 0 heterocycles. The van der Waals surface area contributed by atoms with Crippen molar-refractivity contribution in [3.63, 3.8) is 0 Å². The summed E-state index contributed by atoms with van der Waals surface area (Å²) in [6.45, 7) is 12.6. The highest BCUT2D eigenvalue weighted by atomic mass is 14.0. The van der Waals surface area contributed by atoms with Crippen LogP contribution in [0.3, 0.4) is 0 Å². The summed E-state index contributed by atoms with van der Waals surface area (Å²) in [6.07, 6.45) is 7.85. The van der Waals surface area contributed by atoms with E-state index in [1.54, 1.807) is 0 Å². The minimum Gasteiger partial charge on any atom is -0.103 e. The van der Waals surface area contributed by atoms with Gasteiger partial charge in [0.1, 0.15) is 0 Å². The van der Waals surface area contributed by atoms with E-state index in [4.69, 9.17) is 0 Å². The molecule has 0 saturated carbocycles. The molecule has 0 unspecified atom stereocenters. The summed E-state index contributed by atoms with van der Waals surface area (Å²) in [5, 5.41) is 0. The van der Waals surface area contributed by atoms with E-state index in [-0.39, 0.29) is 0 Å². The quantitative estimate of drug-likeness (QED) is 0.525. The van der Waals surface area contributed by atoms with Gasteiger partial charge in [-0.2, -0.15) is 0 Å². The largest absolute Gasteiger partial charge is 0.103 e. The predicted molar refractivity (Wildman–Crippen MR) is 61.6 cm³/mol. The second-order valence-corrected chi connectivity index (χ2v) is 4.24. The van der Waals surface area contributed by atoms with Gasteiger partial charge in [-0.25, -0.2) is 0 Å². The van der Waals surface area contributed by atoms with Crippen LogP contribution >= 0.6 is 0 Å². The highest BCUT2D eigenvalue weighted by Gasteiger charge is 1.97. The fourth-order valence-electron chi connectivity index (χ4n) is 1.38. The average molecular weight is 179 g/mol. The molecule has 0 aliphatic rings. The van der Waals surface area contributed by atoms with Gasteiger partial charge in [-0.1, -0.05) is 38.5 Å². The van der Waals surface area contributed by atoms with Crippen molar-refractivity contribution in [2.75, 3.05) is 0 Å². The lowest BCUT2D eigenvalue weighted by molar-refractivity contribution is 0.639.